The molecule has 0 bridgehead atoms. The van der Waals surface area contributed by atoms with Gasteiger partial charge in [-0.3, -0.25) is 14.4 Å². The van der Waals surface area contributed by atoms with E-state index in [1.54, 1.807) is 42.5 Å². The molecule has 1 aliphatic heterocycles. The van der Waals surface area contributed by atoms with Gasteiger partial charge < -0.3 is 30.6 Å². The molecule has 0 spiro atoms. The number of nitrogens with one attached hydrogen (secondary N) is 2. The van der Waals surface area contributed by atoms with Gasteiger partial charge >= 0.3 is 0 Å². The van der Waals surface area contributed by atoms with Crippen LogP contribution in [0.2, 0.25) is 0 Å². The lowest BCUT2D eigenvalue weighted by atomic mass is 10.1. The molecule has 0 atom stereocenters. The zero-order valence-corrected chi connectivity index (χ0v) is 17.0. The monoisotopic (exact) mass is 425 g/mol. The molecule has 0 saturated carbocycles. The van der Waals surface area contributed by atoms with E-state index in [1.165, 1.54) is 13.2 Å². The molecule has 0 radical (unpaired) electrons. The molecule has 4 N–H and O–H groups in total. The summed E-state index contributed by atoms with van der Waals surface area (Å²) in [5.41, 5.74) is 6.38. The lowest BCUT2D eigenvalue weighted by Gasteiger charge is -2.20. The van der Waals surface area contributed by atoms with E-state index in [9.17, 15) is 14.4 Å². The van der Waals surface area contributed by atoms with E-state index in [4.69, 9.17) is 19.9 Å². The third-order valence-electron chi connectivity index (χ3n) is 4.36. The first-order chi connectivity index (χ1) is 15.0. The van der Waals surface area contributed by atoms with Crippen molar-refractivity contribution >= 4 is 29.5 Å². The normalized spacial score (nSPS) is 12.3. The van der Waals surface area contributed by atoms with Gasteiger partial charge in [0.1, 0.15) is 13.2 Å². The van der Waals surface area contributed by atoms with E-state index < -0.39 is 17.7 Å². The summed E-state index contributed by atoms with van der Waals surface area (Å²) in [6.45, 7) is 0.987. The van der Waals surface area contributed by atoms with Gasteiger partial charge in [-0.05, 0) is 35.9 Å². The van der Waals surface area contributed by atoms with Crippen LogP contribution >= 0.6 is 0 Å². The fourth-order valence-corrected chi connectivity index (χ4v) is 2.92. The van der Waals surface area contributed by atoms with E-state index in [0.717, 1.165) is 0 Å². The maximum Gasteiger partial charge on any atom is 0.253 e. The number of ether oxygens (including phenoxy) is 3. The molecule has 0 aromatic heterocycles. The van der Waals surface area contributed by atoms with E-state index in [2.05, 4.69) is 10.6 Å². The van der Waals surface area contributed by atoms with E-state index >= 15 is 0 Å². The van der Waals surface area contributed by atoms with Crippen molar-refractivity contribution in [2.24, 2.45) is 5.73 Å². The Morgan fingerprint density at radius 2 is 1.94 bits per heavy atom. The topological polar surface area (TPSA) is 129 Å². The van der Waals surface area contributed by atoms with E-state index in [0.29, 0.717) is 41.7 Å². The Morgan fingerprint density at radius 1 is 1.16 bits per heavy atom. The zero-order valence-electron chi connectivity index (χ0n) is 17.0. The molecule has 2 aromatic carbocycles. The van der Waals surface area contributed by atoms with Crippen LogP contribution < -0.4 is 30.6 Å². The number of carbonyl (C=O) groups excluding carboxylic acids is 3. The van der Waals surface area contributed by atoms with Crippen LogP contribution in [-0.2, 0) is 9.59 Å². The summed E-state index contributed by atoms with van der Waals surface area (Å²) >= 11 is 0. The van der Waals surface area contributed by atoms with Crippen LogP contribution in [0.15, 0.2) is 42.5 Å². The maximum atomic E-state index is 12.4. The molecular formula is C22H23N3O6. The average Bonchev–Trinajstić information content (AvgIpc) is 2.77. The third-order valence-corrected chi connectivity index (χ3v) is 4.36. The molecule has 0 saturated heterocycles. The minimum Gasteiger partial charge on any atom is -0.493 e. The van der Waals surface area contributed by atoms with Gasteiger partial charge in [0, 0.05) is 19.0 Å². The first kappa shape index (κ1) is 21.7. The summed E-state index contributed by atoms with van der Waals surface area (Å²) < 4.78 is 16.5. The number of anilines is 1. The van der Waals surface area contributed by atoms with Crippen molar-refractivity contribution in [3.63, 3.8) is 0 Å². The van der Waals surface area contributed by atoms with Gasteiger partial charge in [-0.15, -0.1) is 0 Å². The second kappa shape index (κ2) is 10.1. The van der Waals surface area contributed by atoms with Crippen molar-refractivity contribution in [1.29, 1.82) is 0 Å². The van der Waals surface area contributed by atoms with Crippen molar-refractivity contribution in [2.45, 2.75) is 6.42 Å². The number of benzene rings is 2. The Balaban J connectivity index is 1.69. The number of primary amides is 1. The second-order valence-corrected chi connectivity index (χ2v) is 6.59. The molecule has 31 heavy (non-hydrogen) atoms. The number of amides is 3. The van der Waals surface area contributed by atoms with Crippen LogP contribution in [0.1, 0.15) is 22.3 Å². The van der Waals surface area contributed by atoms with Crippen molar-refractivity contribution < 1.29 is 28.6 Å². The highest BCUT2D eigenvalue weighted by Crippen LogP contribution is 2.40. The first-order valence-electron chi connectivity index (χ1n) is 9.60. The Hall–Kier alpha value is -4.01. The van der Waals surface area contributed by atoms with Crippen molar-refractivity contribution in [3.05, 3.63) is 53.6 Å². The number of carbonyl (C=O) groups is 3. The van der Waals surface area contributed by atoms with Crippen LogP contribution in [0.25, 0.3) is 6.08 Å². The standard InChI is InChI=1S/C22H23N3O6/c1-29-17-12-14(13-18-21(17)31-11-10-30-18)6-7-20(27)25-16-5-3-2-4-15(16)22(28)24-9-8-19(23)26/h2-7,12-13H,8-11H2,1H3,(H2,23,26)(H,24,28)(H,25,27)/b7-6+. The van der Waals surface area contributed by atoms with Gasteiger partial charge in [-0.1, -0.05) is 12.1 Å². The summed E-state index contributed by atoms with van der Waals surface area (Å²) in [5.74, 6) is 0.234. The van der Waals surface area contributed by atoms with Crippen molar-refractivity contribution in [2.75, 3.05) is 32.2 Å². The highest BCUT2D eigenvalue weighted by molar-refractivity contribution is 6.07. The molecule has 2 aromatic rings. The minimum atomic E-state index is -0.511. The van der Waals surface area contributed by atoms with Gasteiger partial charge in [0.2, 0.25) is 17.6 Å². The van der Waals surface area contributed by atoms with E-state index in [1.807, 2.05) is 0 Å². The zero-order chi connectivity index (χ0) is 22.2. The van der Waals surface area contributed by atoms with E-state index in [-0.39, 0.29) is 18.5 Å². The molecule has 9 nitrogen and oxygen atoms in total. The number of fused-ring (bicyclic) bond motifs is 1. The van der Waals surface area contributed by atoms with Gasteiger partial charge in [0.15, 0.2) is 11.5 Å². The summed E-state index contributed by atoms with van der Waals surface area (Å²) in [4.78, 5) is 35.6. The van der Waals surface area contributed by atoms with Crippen LogP contribution in [0.4, 0.5) is 5.69 Å². The molecule has 3 amide bonds. The highest BCUT2D eigenvalue weighted by atomic mass is 16.6. The number of methoxy groups -OCH3 is 1. The number of nitrogens with two attached hydrogens (primary N) is 1. The SMILES string of the molecule is COc1cc(/C=C/C(=O)Nc2ccccc2C(=O)NCCC(N)=O)cc2c1OCCO2. The summed E-state index contributed by atoms with van der Waals surface area (Å²) in [7, 11) is 1.53. The molecule has 3 rings (SSSR count). The Bertz CT molecular complexity index is 1000. The summed E-state index contributed by atoms with van der Waals surface area (Å²) in [6.07, 6.45) is 2.97. The molecule has 162 valence electrons. The van der Waals surface area contributed by atoms with Crippen LogP contribution in [0, 0.1) is 0 Å². The highest BCUT2D eigenvalue weighted by Gasteiger charge is 2.18. The Kier molecular flexibility index (Phi) is 7.10. The van der Waals surface area contributed by atoms with Crippen molar-refractivity contribution in [3.8, 4) is 17.2 Å². The Morgan fingerprint density at radius 3 is 2.71 bits per heavy atom. The number of para-hydroxylation sites is 1. The van der Waals surface area contributed by atoms with Crippen LogP contribution in [0.3, 0.4) is 0 Å². The molecule has 1 aliphatic rings. The largest absolute Gasteiger partial charge is 0.493 e. The van der Waals surface area contributed by atoms with Crippen LogP contribution in [-0.4, -0.2) is 44.6 Å². The minimum absolute atomic E-state index is 0.0298. The summed E-state index contributed by atoms with van der Waals surface area (Å²) in [5, 5.41) is 5.28. The predicted octanol–water partition coefficient (Wildman–Crippen LogP) is 1.72. The van der Waals surface area contributed by atoms with Crippen molar-refractivity contribution in [1.82, 2.24) is 5.32 Å². The Labute approximate surface area is 179 Å². The van der Waals surface area contributed by atoms with Crippen LogP contribution in [0.5, 0.6) is 17.2 Å². The molecule has 0 unspecified atom stereocenters. The smallest absolute Gasteiger partial charge is 0.253 e. The molecule has 1 heterocycles. The van der Waals surface area contributed by atoms with Gasteiger partial charge in [-0.2, -0.15) is 0 Å². The third kappa shape index (κ3) is 5.75. The fourth-order valence-electron chi connectivity index (χ4n) is 2.92. The lowest BCUT2D eigenvalue weighted by Crippen LogP contribution is -2.28. The molecule has 0 aliphatic carbocycles. The quantitative estimate of drug-likeness (QED) is 0.553. The second-order valence-electron chi connectivity index (χ2n) is 6.59. The molecule has 9 heteroatoms. The predicted molar refractivity (Wildman–Crippen MR) is 114 cm³/mol. The van der Waals surface area contributed by atoms with Gasteiger partial charge in [-0.25, -0.2) is 0 Å². The number of hydrogen-bond acceptors (Lipinski definition) is 6. The fraction of sp³-hybridized carbons (Fsp3) is 0.227. The number of rotatable bonds is 8. The maximum absolute atomic E-state index is 12.4. The van der Waals surface area contributed by atoms with Gasteiger partial charge in [0.25, 0.3) is 5.91 Å². The summed E-state index contributed by atoms with van der Waals surface area (Å²) in [6, 6.07) is 10.0. The average molecular weight is 425 g/mol. The molecule has 0 fully saturated rings. The molecular weight excluding hydrogens is 402 g/mol. The first-order valence-corrected chi connectivity index (χ1v) is 9.60. The lowest BCUT2D eigenvalue weighted by molar-refractivity contribution is -0.118. The van der Waals surface area contributed by atoms with Gasteiger partial charge in [0.05, 0.1) is 18.4 Å². The number of hydrogen-bond donors (Lipinski definition) is 3.